The number of amides is 1. The summed E-state index contributed by atoms with van der Waals surface area (Å²) in [7, 11) is 0. The number of hydrogen-bond acceptors (Lipinski definition) is 3. The maximum Gasteiger partial charge on any atom is 0.416 e. The standard InChI is InChI=1S/C19H13F6N3O/c1-11-2-4-15(5-3-11)28-17(29)12(9-26)10-27-16-7-13(18(20,21)22)6-14(8-16)19(23,24)25/h2-8,10,27H,1H3,(H,28,29)/b12-10-. The van der Waals surface area contributed by atoms with Gasteiger partial charge in [0, 0.05) is 17.6 Å². The Balaban J connectivity index is 2.28. The summed E-state index contributed by atoms with van der Waals surface area (Å²) in [6, 6.07) is 8.93. The lowest BCUT2D eigenvalue weighted by Crippen LogP contribution is -2.15. The van der Waals surface area contributed by atoms with E-state index in [4.69, 9.17) is 5.26 Å². The number of carbonyl (C=O) groups excluding carboxylic acids is 1. The van der Waals surface area contributed by atoms with Gasteiger partial charge in [-0.1, -0.05) is 17.7 Å². The summed E-state index contributed by atoms with van der Waals surface area (Å²) < 4.78 is 77.2. The molecule has 0 heterocycles. The third-order valence-corrected chi connectivity index (χ3v) is 3.65. The fraction of sp³-hybridized carbons (Fsp3) is 0.158. The quantitative estimate of drug-likeness (QED) is 0.396. The van der Waals surface area contributed by atoms with Gasteiger partial charge in [0.1, 0.15) is 11.6 Å². The van der Waals surface area contributed by atoms with Gasteiger partial charge in [-0.05, 0) is 37.3 Å². The molecule has 2 aromatic carbocycles. The Hall–Kier alpha value is -3.48. The average molecular weight is 413 g/mol. The second-order valence-electron chi connectivity index (χ2n) is 5.93. The molecule has 4 nitrogen and oxygen atoms in total. The highest BCUT2D eigenvalue weighted by Gasteiger charge is 2.36. The summed E-state index contributed by atoms with van der Waals surface area (Å²) in [6.07, 6.45) is -9.29. The first kappa shape index (κ1) is 21.8. The summed E-state index contributed by atoms with van der Waals surface area (Å²) in [5.74, 6) is -0.883. The second-order valence-corrected chi connectivity index (χ2v) is 5.93. The van der Waals surface area contributed by atoms with Crippen LogP contribution in [-0.2, 0) is 17.1 Å². The molecule has 0 fully saturated rings. The van der Waals surface area contributed by atoms with E-state index >= 15 is 0 Å². The Labute approximate surface area is 161 Å². The molecule has 0 radical (unpaired) electrons. The van der Waals surface area contributed by atoms with Gasteiger partial charge in [0.25, 0.3) is 5.91 Å². The second kappa shape index (κ2) is 8.26. The Bertz CT molecular complexity index is 937. The van der Waals surface area contributed by atoms with E-state index in [1.165, 1.54) is 6.07 Å². The summed E-state index contributed by atoms with van der Waals surface area (Å²) in [5.41, 5.74) is -2.89. The van der Waals surface area contributed by atoms with Crippen LogP contribution in [0.15, 0.2) is 54.2 Å². The van der Waals surface area contributed by atoms with Crippen molar-refractivity contribution in [3.8, 4) is 6.07 Å². The van der Waals surface area contributed by atoms with Gasteiger partial charge in [0.15, 0.2) is 0 Å². The lowest BCUT2D eigenvalue weighted by molar-refractivity contribution is -0.143. The lowest BCUT2D eigenvalue weighted by Gasteiger charge is -2.14. The minimum atomic E-state index is -5.01. The van der Waals surface area contributed by atoms with Crippen LogP contribution in [0.3, 0.4) is 0 Å². The number of hydrogen-bond donors (Lipinski definition) is 2. The fourth-order valence-electron chi connectivity index (χ4n) is 2.18. The molecule has 2 rings (SSSR count). The van der Waals surface area contributed by atoms with Crippen molar-refractivity contribution < 1.29 is 31.1 Å². The Kier molecular flexibility index (Phi) is 6.21. The van der Waals surface area contributed by atoms with Gasteiger partial charge in [-0.15, -0.1) is 0 Å². The summed E-state index contributed by atoms with van der Waals surface area (Å²) in [4.78, 5) is 12.1. The molecule has 0 bridgehead atoms. The molecule has 152 valence electrons. The highest BCUT2D eigenvalue weighted by Crippen LogP contribution is 2.37. The molecule has 2 aromatic rings. The molecule has 0 saturated heterocycles. The SMILES string of the molecule is Cc1ccc(NC(=O)/C(C#N)=C\Nc2cc(C(F)(F)F)cc(C(F)(F)F)c2)cc1. The van der Waals surface area contributed by atoms with Crippen LogP contribution in [0.5, 0.6) is 0 Å². The molecule has 2 N–H and O–H groups in total. The van der Waals surface area contributed by atoms with E-state index in [0.29, 0.717) is 17.8 Å². The van der Waals surface area contributed by atoms with Crippen LogP contribution < -0.4 is 10.6 Å². The topological polar surface area (TPSA) is 64.9 Å². The highest BCUT2D eigenvalue weighted by atomic mass is 19.4. The first-order valence-electron chi connectivity index (χ1n) is 7.94. The van der Waals surface area contributed by atoms with Crippen molar-refractivity contribution in [2.24, 2.45) is 0 Å². The summed E-state index contributed by atoms with van der Waals surface area (Å²) in [6.45, 7) is 1.82. The Morgan fingerprint density at radius 3 is 1.90 bits per heavy atom. The van der Waals surface area contributed by atoms with Crippen LogP contribution in [-0.4, -0.2) is 5.91 Å². The van der Waals surface area contributed by atoms with Gasteiger partial charge >= 0.3 is 12.4 Å². The van der Waals surface area contributed by atoms with E-state index in [9.17, 15) is 31.1 Å². The zero-order valence-electron chi connectivity index (χ0n) is 14.7. The smallest absolute Gasteiger partial charge is 0.360 e. The number of alkyl halides is 6. The normalized spacial score (nSPS) is 12.3. The molecule has 0 aromatic heterocycles. The average Bonchev–Trinajstić information content (AvgIpc) is 2.62. The predicted octanol–water partition coefficient (Wildman–Crippen LogP) is 5.49. The van der Waals surface area contributed by atoms with Crippen LogP contribution >= 0.6 is 0 Å². The van der Waals surface area contributed by atoms with E-state index in [2.05, 4.69) is 10.6 Å². The van der Waals surface area contributed by atoms with E-state index in [1.54, 1.807) is 24.3 Å². The number of nitrogens with zero attached hydrogens (tertiary/aromatic N) is 1. The minimum Gasteiger partial charge on any atom is -0.360 e. The zero-order chi connectivity index (χ0) is 21.8. The van der Waals surface area contributed by atoms with Crippen molar-refractivity contribution in [3.05, 3.63) is 70.9 Å². The fourth-order valence-corrected chi connectivity index (χ4v) is 2.18. The van der Waals surface area contributed by atoms with Gasteiger partial charge in [-0.3, -0.25) is 4.79 Å². The third kappa shape index (κ3) is 6.00. The van der Waals surface area contributed by atoms with E-state index < -0.39 is 40.6 Å². The number of nitriles is 1. The van der Waals surface area contributed by atoms with Gasteiger partial charge < -0.3 is 10.6 Å². The molecule has 0 atom stereocenters. The zero-order valence-corrected chi connectivity index (χ0v) is 14.7. The van der Waals surface area contributed by atoms with Crippen molar-refractivity contribution in [2.75, 3.05) is 10.6 Å². The molecular formula is C19H13F6N3O. The van der Waals surface area contributed by atoms with Crippen molar-refractivity contribution in [2.45, 2.75) is 19.3 Å². The minimum absolute atomic E-state index is 0.0236. The van der Waals surface area contributed by atoms with Crippen LogP contribution in [0.25, 0.3) is 0 Å². The maximum atomic E-state index is 12.9. The van der Waals surface area contributed by atoms with Crippen LogP contribution in [0.1, 0.15) is 16.7 Å². The predicted molar refractivity (Wildman–Crippen MR) is 93.6 cm³/mol. The van der Waals surface area contributed by atoms with E-state index in [0.717, 1.165) is 11.8 Å². The molecule has 0 aliphatic rings. The first-order valence-corrected chi connectivity index (χ1v) is 7.94. The van der Waals surface area contributed by atoms with Crippen molar-refractivity contribution in [3.63, 3.8) is 0 Å². The van der Waals surface area contributed by atoms with Gasteiger partial charge in [0.2, 0.25) is 0 Å². The molecule has 0 aliphatic carbocycles. The summed E-state index contributed by atoms with van der Waals surface area (Å²) in [5, 5.41) is 13.6. The summed E-state index contributed by atoms with van der Waals surface area (Å²) >= 11 is 0. The molecule has 10 heteroatoms. The number of benzene rings is 2. The number of rotatable bonds is 4. The van der Waals surface area contributed by atoms with Gasteiger partial charge in [-0.25, -0.2) is 0 Å². The van der Waals surface area contributed by atoms with E-state index in [-0.39, 0.29) is 6.07 Å². The molecule has 0 spiro atoms. The number of carbonyl (C=O) groups is 1. The van der Waals surface area contributed by atoms with E-state index in [1.807, 2.05) is 6.92 Å². The lowest BCUT2D eigenvalue weighted by atomic mass is 10.1. The molecule has 0 aliphatic heterocycles. The van der Waals surface area contributed by atoms with Crippen molar-refractivity contribution >= 4 is 17.3 Å². The van der Waals surface area contributed by atoms with Gasteiger partial charge in [0.05, 0.1) is 11.1 Å². The van der Waals surface area contributed by atoms with Gasteiger partial charge in [-0.2, -0.15) is 31.6 Å². The molecule has 1 amide bonds. The largest absolute Gasteiger partial charge is 0.416 e. The molecule has 29 heavy (non-hydrogen) atoms. The molecule has 0 saturated carbocycles. The maximum absolute atomic E-state index is 12.9. The highest BCUT2D eigenvalue weighted by molar-refractivity contribution is 6.06. The molecule has 0 unspecified atom stereocenters. The van der Waals surface area contributed by atoms with Crippen molar-refractivity contribution in [1.29, 1.82) is 5.26 Å². The molecular weight excluding hydrogens is 400 g/mol. The van der Waals surface area contributed by atoms with Crippen molar-refractivity contribution in [1.82, 2.24) is 0 Å². The number of nitrogens with one attached hydrogen (secondary N) is 2. The van der Waals surface area contributed by atoms with Crippen LogP contribution in [0, 0.1) is 18.3 Å². The monoisotopic (exact) mass is 413 g/mol. The number of aryl methyl sites for hydroxylation is 1. The Morgan fingerprint density at radius 1 is 0.931 bits per heavy atom. The number of anilines is 2. The Morgan fingerprint density at radius 2 is 1.45 bits per heavy atom. The third-order valence-electron chi connectivity index (χ3n) is 3.65. The first-order chi connectivity index (χ1) is 13.4. The van der Waals surface area contributed by atoms with Crippen LogP contribution in [0.2, 0.25) is 0 Å². The van der Waals surface area contributed by atoms with Crippen LogP contribution in [0.4, 0.5) is 37.7 Å². The number of halogens is 6.